The molecular formula is C9H10ClN3O. The Morgan fingerprint density at radius 1 is 1.57 bits per heavy atom. The number of rotatable bonds is 2. The molecule has 2 aromatic rings. The lowest BCUT2D eigenvalue weighted by molar-refractivity contribution is 0.418. The monoisotopic (exact) mass is 211 g/mol. The summed E-state index contributed by atoms with van der Waals surface area (Å²) in [7, 11) is 1.59. The third-order valence-corrected chi connectivity index (χ3v) is 2.30. The minimum Gasteiger partial charge on any atom is -0.491 e. The third kappa shape index (κ3) is 1.32. The van der Waals surface area contributed by atoms with E-state index < -0.39 is 0 Å². The number of fused-ring (bicyclic) bond motifs is 1. The van der Waals surface area contributed by atoms with E-state index in [1.807, 2.05) is 6.92 Å². The van der Waals surface area contributed by atoms with Crippen molar-refractivity contribution in [3.05, 3.63) is 23.1 Å². The number of nitrogens with zero attached hydrogens (tertiary/aromatic N) is 3. The molecule has 2 rings (SSSR count). The number of hydrogen-bond donors (Lipinski definition) is 0. The van der Waals surface area contributed by atoms with Crippen molar-refractivity contribution in [1.29, 1.82) is 0 Å². The predicted molar refractivity (Wildman–Crippen MR) is 53.9 cm³/mol. The molecule has 0 radical (unpaired) electrons. The van der Waals surface area contributed by atoms with Crippen molar-refractivity contribution in [2.75, 3.05) is 7.11 Å². The molecule has 74 valence electrons. The van der Waals surface area contributed by atoms with Crippen LogP contribution in [0.4, 0.5) is 0 Å². The van der Waals surface area contributed by atoms with Crippen LogP contribution in [0.3, 0.4) is 0 Å². The Morgan fingerprint density at radius 2 is 2.36 bits per heavy atom. The molecule has 2 heterocycles. The second-order valence-electron chi connectivity index (χ2n) is 2.87. The van der Waals surface area contributed by atoms with Crippen molar-refractivity contribution in [2.45, 2.75) is 13.3 Å². The minimum absolute atomic E-state index is 0.551. The van der Waals surface area contributed by atoms with Gasteiger partial charge in [-0.25, -0.2) is 4.98 Å². The number of hydrogen-bond acceptors (Lipinski definition) is 3. The fourth-order valence-electron chi connectivity index (χ4n) is 1.28. The predicted octanol–water partition coefficient (Wildman–Crippen LogP) is 1.95. The molecule has 2 aromatic heterocycles. The standard InChI is InChI=1S/C9H10ClN3O/c1-3-6-4-8(10)13-9(12-6)7(14-2)5-11-13/h4-5H,3H2,1-2H3. The smallest absolute Gasteiger partial charge is 0.199 e. The van der Waals surface area contributed by atoms with Gasteiger partial charge in [-0.2, -0.15) is 9.61 Å². The number of aryl methyl sites for hydroxylation is 1. The second-order valence-corrected chi connectivity index (χ2v) is 3.26. The average Bonchev–Trinajstić information content (AvgIpc) is 2.61. The topological polar surface area (TPSA) is 39.4 Å². The Balaban J connectivity index is 2.73. The second kappa shape index (κ2) is 3.46. The van der Waals surface area contributed by atoms with E-state index in [0.29, 0.717) is 16.5 Å². The van der Waals surface area contributed by atoms with Crippen molar-refractivity contribution in [3.63, 3.8) is 0 Å². The van der Waals surface area contributed by atoms with E-state index in [9.17, 15) is 0 Å². The Morgan fingerprint density at radius 3 is 3.00 bits per heavy atom. The van der Waals surface area contributed by atoms with E-state index >= 15 is 0 Å². The van der Waals surface area contributed by atoms with E-state index in [1.54, 1.807) is 23.9 Å². The molecule has 14 heavy (non-hydrogen) atoms. The van der Waals surface area contributed by atoms with Crippen LogP contribution in [0.2, 0.25) is 5.15 Å². The molecule has 0 aromatic carbocycles. The van der Waals surface area contributed by atoms with Crippen LogP contribution in [0.5, 0.6) is 5.75 Å². The van der Waals surface area contributed by atoms with Crippen LogP contribution >= 0.6 is 11.6 Å². The van der Waals surface area contributed by atoms with Gasteiger partial charge in [0.2, 0.25) is 0 Å². The Bertz CT molecular complexity index is 466. The summed E-state index contributed by atoms with van der Waals surface area (Å²) < 4.78 is 6.67. The fraction of sp³-hybridized carbons (Fsp3) is 0.333. The van der Waals surface area contributed by atoms with Crippen molar-refractivity contribution >= 4 is 17.2 Å². The lowest BCUT2D eigenvalue weighted by Gasteiger charge is -2.01. The molecule has 0 atom stereocenters. The van der Waals surface area contributed by atoms with Gasteiger partial charge in [-0.1, -0.05) is 18.5 Å². The van der Waals surface area contributed by atoms with Gasteiger partial charge in [0, 0.05) is 5.69 Å². The van der Waals surface area contributed by atoms with E-state index in [0.717, 1.165) is 12.1 Å². The van der Waals surface area contributed by atoms with Gasteiger partial charge >= 0.3 is 0 Å². The van der Waals surface area contributed by atoms with Gasteiger partial charge in [0.1, 0.15) is 5.15 Å². The summed E-state index contributed by atoms with van der Waals surface area (Å²) in [5.41, 5.74) is 1.60. The largest absolute Gasteiger partial charge is 0.491 e. The van der Waals surface area contributed by atoms with Crippen LogP contribution < -0.4 is 4.74 Å². The van der Waals surface area contributed by atoms with Crippen molar-refractivity contribution in [1.82, 2.24) is 14.6 Å². The zero-order chi connectivity index (χ0) is 10.1. The van der Waals surface area contributed by atoms with Crippen molar-refractivity contribution in [3.8, 4) is 5.75 Å². The highest BCUT2D eigenvalue weighted by molar-refractivity contribution is 6.29. The first-order chi connectivity index (χ1) is 6.76. The van der Waals surface area contributed by atoms with Crippen LogP contribution in [-0.2, 0) is 6.42 Å². The molecule has 5 heteroatoms. The van der Waals surface area contributed by atoms with Crippen LogP contribution in [0, 0.1) is 0 Å². The number of aromatic nitrogens is 3. The Labute approximate surface area is 86.5 Å². The molecule has 0 saturated carbocycles. The summed E-state index contributed by atoms with van der Waals surface area (Å²) >= 11 is 6.02. The summed E-state index contributed by atoms with van der Waals surface area (Å²) in [5, 5.41) is 4.61. The highest BCUT2D eigenvalue weighted by Crippen LogP contribution is 2.21. The minimum atomic E-state index is 0.551. The van der Waals surface area contributed by atoms with Crippen LogP contribution in [0.25, 0.3) is 5.65 Å². The van der Waals surface area contributed by atoms with Crippen LogP contribution in [0.15, 0.2) is 12.3 Å². The van der Waals surface area contributed by atoms with Gasteiger partial charge in [-0.3, -0.25) is 0 Å². The number of methoxy groups -OCH3 is 1. The fourth-order valence-corrected chi connectivity index (χ4v) is 1.53. The van der Waals surface area contributed by atoms with Gasteiger partial charge < -0.3 is 4.74 Å². The molecule has 0 bridgehead atoms. The molecule has 0 fully saturated rings. The number of halogens is 1. The summed E-state index contributed by atoms with van der Waals surface area (Å²) in [4.78, 5) is 4.38. The van der Waals surface area contributed by atoms with Crippen molar-refractivity contribution < 1.29 is 4.74 Å². The first-order valence-electron chi connectivity index (χ1n) is 4.33. The van der Waals surface area contributed by atoms with E-state index in [-0.39, 0.29) is 0 Å². The molecule has 4 nitrogen and oxygen atoms in total. The highest BCUT2D eigenvalue weighted by atomic mass is 35.5. The normalized spacial score (nSPS) is 10.8. The van der Waals surface area contributed by atoms with Gasteiger partial charge in [-0.15, -0.1) is 0 Å². The van der Waals surface area contributed by atoms with Crippen LogP contribution in [-0.4, -0.2) is 21.7 Å². The Hall–Kier alpha value is -1.29. The summed E-state index contributed by atoms with van der Waals surface area (Å²) in [6.45, 7) is 2.03. The lowest BCUT2D eigenvalue weighted by Crippen LogP contribution is -1.96. The van der Waals surface area contributed by atoms with Crippen molar-refractivity contribution in [2.24, 2.45) is 0 Å². The van der Waals surface area contributed by atoms with E-state index in [1.165, 1.54) is 0 Å². The molecule has 0 saturated heterocycles. The molecule has 0 amide bonds. The zero-order valence-corrected chi connectivity index (χ0v) is 8.75. The van der Waals surface area contributed by atoms with Crippen LogP contribution in [0.1, 0.15) is 12.6 Å². The average molecular weight is 212 g/mol. The first kappa shape index (κ1) is 9.27. The Kier molecular flexibility index (Phi) is 2.29. The van der Waals surface area contributed by atoms with E-state index in [2.05, 4.69) is 10.1 Å². The molecule has 0 aliphatic rings. The summed E-state index contributed by atoms with van der Waals surface area (Å²) in [5.74, 6) is 0.641. The van der Waals surface area contributed by atoms with Gasteiger partial charge in [0.25, 0.3) is 0 Å². The molecule has 0 aliphatic heterocycles. The maximum Gasteiger partial charge on any atom is 0.199 e. The zero-order valence-electron chi connectivity index (χ0n) is 7.99. The first-order valence-corrected chi connectivity index (χ1v) is 4.71. The maximum atomic E-state index is 6.02. The van der Waals surface area contributed by atoms with Gasteiger partial charge in [0.15, 0.2) is 11.4 Å². The lowest BCUT2D eigenvalue weighted by atomic mass is 10.3. The summed E-state index contributed by atoms with van der Waals surface area (Å²) in [6.07, 6.45) is 2.44. The van der Waals surface area contributed by atoms with Gasteiger partial charge in [0.05, 0.1) is 13.3 Å². The molecule has 0 N–H and O–H groups in total. The quantitative estimate of drug-likeness (QED) is 0.713. The summed E-state index contributed by atoms with van der Waals surface area (Å²) in [6, 6.07) is 1.81. The number of ether oxygens (including phenoxy) is 1. The van der Waals surface area contributed by atoms with E-state index in [4.69, 9.17) is 16.3 Å². The SMILES string of the molecule is CCc1cc(Cl)n2ncc(OC)c2n1. The maximum absolute atomic E-state index is 6.02. The molecule has 0 aliphatic carbocycles. The molecular weight excluding hydrogens is 202 g/mol. The highest BCUT2D eigenvalue weighted by Gasteiger charge is 2.09. The van der Waals surface area contributed by atoms with Gasteiger partial charge in [-0.05, 0) is 12.5 Å². The molecule has 0 unspecified atom stereocenters. The third-order valence-electron chi connectivity index (χ3n) is 2.03. The molecule has 0 spiro atoms.